The monoisotopic (exact) mass is 438 g/mol. The van der Waals surface area contributed by atoms with Gasteiger partial charge >= 0.3 is 0 Å². The SMILES string of the molecule is NS(=O)(=O)c1ccc(CC(=O)N2CCN(c3ccc(Br)cn3)CC2)cc1. The molecule has 0 saturated carbocycles. The van der Waals surface area contributed by atoms with Crippen LogP contribution in [0.4, 0.5) is 5.82 Å². The first-order chi connectivity index (χ1) is 12.3. The van der Waals surface area contributed by atoms with E-state index < -0.39 is 10.0 Å². The van der Waals surface area contributed by atoms with Crippen molar-refractivity contribution < 1.29 is 13.2 Å². The van der Waals surface area contributed by atoms with Crippen LogP contribution in [0.2, 0.25) is 0 Å². The Morgan fingerprint density at radius 1 is 1.08 bits per heavy atom. The summed E-state index contributed by atoms with van der Waals surface area (Å²) in [4.78, 5) is 20.9. The van der Waals surface area contributed by atoms with Crippen LogP contribution in [-0.2, 0) is 21.2 Å². The van der Waals surface area contributed by atoms with E-state index in [1.807, 2.05) is 17.0 Å². The number of carbonyl (C=O) groups is 1. The van der Waals surface area contributed by atoms with Gasteiger partial charge in [-0.15, -0.1) is 0 Å². The Bertz CT molecular complexity index is 877. The Hall–Kier alpha value is -1.97. The van der Waals surface area contributed by atoms with Gasteiger partial charge in [-0.25, -0.2) is 18.5 Å². The van der Waals surface area contributed by atoms with E-state index in [1.165, 1.54) is 12.1 Å². The molecule has 2 aromatic rings. The summed E-state index contributed by atoms with van der Waals surface area (Å²) < 4.78 is 23.5. The number of hydrogen-bond acceptors (Lipinski definition) is 5. The van der Waals surface area contributed by atoms with E-state index in [1.54, 1.807) is 18.3 Å². The minimum absolute atomic E-state index is 0.0248. The number of halogens is 1. The number of nitrogens with zero attached hydrogens (tertiary/aromatic N) is 3. The third-order valence-electron chi connectivity index (χ3n) is 4.28. The fourth-order valence-corrected chi connectivity index (χ4v) is 3.57. The van der Waals surface area contributed by atoms with Gasteiger partial charge in [0.2, 0.25) is 15.9 Å². The van der Waals surface area contributed by atoms with E-state index in [0.717, 1.165) is 28.9 Å². The molecule has 9 heteroatoms. The van der Waals surface area contributed by atoms with Crippen molar-refractivity contribution in [3.63, 3.8) is 0 Å². The highest BCUT2D eigenvalue weighted by molar-refractivity contribution is 9.10. The maximum absolute atomic E-state index is 12.5. The van der Waals surface area contributed by atoms with Gasteiger partial charge in [-0.3, -0.25) is 4.79 Å². The molecule has 2 heterocycles. The summed E-state index contributed by atoms with van der Waals surface area (Å²) in [5, 5.41) is 5.08. The third kappa shape index (κ3) is 4.60. The summed E-state index contributed by atoms with van der Waals surface area (Å²) in [5.41, 5.74) is 0.763. The van der Waals surface area contributed by atoms with Crippen LogP contribution >= 0.6 is 15.9 Å². The first-order valence-electron chi connectivity index (χ1n) is 8.09. The molecule has 0 aliphatic carbocycles. The van der Waals surface area contributed by atoms with Crippen molar-refractivity contribution in [1.29, 1.82) is 0 Å². The van der Waals surface area contributed by atoms with E-state index in [0.29, 0.717) is 13.1 Å². The van der Waals surface area contributed by atoms with E-state index in [9.17, 15) is 13.2 Å². The summed E-state index contributed by atoms with van der Waals surface area (Å²) in [5.74, 6) is 0.927. The summed E-state index contributed by atoms with van der Waals surface area (Å²) in [6, 6.07) is 10.0. The average molecular weight is 439 g/mol. The number of nitrogens with two attached hydrogens (primary N) is 1. The lowest BCUT2D eigenvalue weighted by molar-refractivity contribution is -0.130. The summed E-state index contributed by atoms with van der Waals surface area (Å²) >= 11 is 3.37. The van der Waals surface area contributed by atoms with Crippen molar-refractivity contribution in [1.82, 2.24) is 9.88 Å². The lowest BCUT2D eigenvalue weighted by Gasteiger charge is -2.35. The standard InChI is InChI=1S/C17H19BrN4O3S/c18-14-3-6-16(20-12-14)21-7-9-22(10-8-21)17(23)11-13-1-4-15(5-2-13)26(19,24)25/h1-6,12H,7-11H2,(H2,19,24,25). The van der Waals surface area contributed by atoms with Crippen molar-refractivity contribution in [3.05, 3.63) is 52.6 Å². The molecule has 1 aromatic carbocycles. The maximum atomic E-state index is 12.5. The van der Waals surface area contributed by atoms with Crippen LogP contribution in [0.5, 0.6) is 0 Å². The van der Waals surface area contributed by atoms with Crippen LogP contribution in [0.15, 0.2) is 52.0 Å². The van der Waals surface area contributed by atoms with Crippen LogP contribution in [0.3, 0.4) is 0 Å². The predicted molar refractivity (Wildman–Crippen MR) is 102 cm³/mol. The molecule has 7 nitrogen and oxygen atoms in total. The Morgan fingerprint density at radius 3 is 2.27 bits per heavy atom. The topological polar surface area (TPSA) is 96.6 Å². The fourth-order valence-electron chi connectivity index (χ4n) is 2.82. The molecule has 138 valence electrons. The predicted octanol–water partition coefficient (Wildman–Crippen LogP) is 1.38. The van der Waals surface area contributed by atoms with E-state index in [2.05, 4.69) is 25.8 Å². The molecule has 1 saturated heterocycles. The van der Waals surface area contributed by atoms with Crippen molar-refractivity contribution >= 4 is 37.7 Å². The van der Waals surface area contributed by atoms with Crippen molar-refractivity contribution in [2.24, 2.45) is 5.14 Å². The summed E-state index contributed by atoms with van der Waals surface area (Å²) in [7, 11) is -3.71. The van der Waals surface area contributed by atoms with E-state index in [4.69, 9.17) is 5.14 Å². The second-order valence-corrected chi connectivity index (χ2v) is 8.55. The van der Waals surface area contributed by atoms with Gasteiger partial charge in [-0.2, -0.15) is 0 Å². The first kappa shape index (κ1) is 18.8. The number of rotatable bonds is 4. The zero-order valence-electron chi connectivity index (χ0n) is 14.0. The number of pyridine rings is 1. The first-order valence-corrected chi connectivity index (χ1v) is 10.4. The van der Waals surface area contributed by atoms with Gasteiger partial charge in [-0.05, 0) is 45.8 Å². The lowest BCUT2D eigenvalue weighted by Crippen LogP contribution is -2.49. The molecular formula is C17H19BrN4O3S. The number of benzene rings is 1. The number of amides is 1. The van der Waals surface area contributed by atoms with Crippen molar-refractivity contribution in [3.8, 4) is 0 Å². The lowest BCUT2D eigenvalue weighted by atomic mass is 10.1. The highest BCUT2D eigenvalue weighted by atomic mass is 79.9. The van der Waals surface area contributed by atoms with Crippen LogP contribution in [0.25, 0.3) is 0 Å². The fraction of sp³-hybridized carbons (Fsp3) is 0.294. The average Bonchev–Trinajstić information content (AvgIpc) is 2.62. The van der Waals surface area contributed by atoms with Crippen LogP contribution in [0.1, 0.15) is 5.56 Å². The minimum Gasteiger partial charge on any atom is -0.353 e. The third-order valence-corrected chi connectivity index (χ3v) is 5.67. The smallest absolute Gasteiger partial charge is 0.238 e. The summed E-state index contributed by atoms with van der Waals surface area (Å²) in [6.07, 6.45) is 2.00. The van der Waals surface area contributed by atoms with Crippen LogP contribution in [-0.4, -0.2) is 50.4 Å². The maximum Gasteiger partial charge on any atom is 0.238 e. The van der Waals surface area contributed by atoms with Gasteiger partial charge in [0.15, 0.2) is 0 Å². The molecule has 2 N–H and O–H groups in total. The molecule has 3 rings (SSSR count). The molecule has 0 bridgehead atoms. The van der Waals surface area contributed by atoms with Crippen molar-refractivity contribution in [2.75, 3.05) is 31.1 Å². The molecule has 0 unspecified atom stereocenters. The Kier molecular flexibility index (Phi) is 5.59. The molecule has 1 aliphatic rings. The zero-order chi connectivity index (χ0) is 18.7. The molecule has 1 aromatic heterocycles. The molecule has 1 amide bonds. The van der Waals surface area contributed by atoms with Crippen LogP contribution < -0.4 is 10.0 Å². The number of piperazine rings is 1. The molecule has 0 atom stereocenters. The molecular weight excluding hydrogens is 420 g/mol. The number of anilines is 1. The second kappa shape index (κ2) is 7.73. The minimum atomic E-state index is -3.71. The molecule has 0 spiro atoms. The van der Waals surface area contributed by atoms with Gasteiger partial charge in [0, 0.05) is 36.8 Å². The number of aromatic nitrogens is 1. The highest BCUT2D eigenvalue weighted by Gasteiger charge is 2.22. The second-order valence-electron chi connectivity index (χ2n) is 6.07. The highest BCUT2D eigenvalue weighted by Crippen LogP contribution is 2.17. The molecule has 0 radical (unpaired) electrons. The molecule has 1 aliphatic heterocycles. The zero-order valence-corrected chi connectivity index (χ0v) is 16.4. The molecule has 26 heavy (non-hydrogen) atoms. The summed E-state index contributed by atoms with van der Waals surface area (Å²) in [6.45, 7) is 2.72. The van der Waals surface area contributed by atoms with E-state index >= 15 is 0 Å². The molecule has 1 fully saturated rings. The Labute approximate surface area is 161 Å². The van der Waals surface area contributed by atoms with Crippen LogP contribution in [0, 0.1) is 0 Å². The number of carbonyl (C=O) groups excluding carboxylic acids is 1. The van der Waals surface area contributed by atoms with Gasteiger partial charge in [-0.1, -0.05) is 12.1 Å². The number of sulfonamides is 1. The number of primary sulfonamides is 1. The number of hydrogen-bond donors (Lipinski definition) is 1. The quantitative estimate of drug-likeness (QED) is 0.777. The largest absolute Gasteiger partial charge is 0.353 e. The van der Waals surface area contributed by atoms with Gasteiger partial charge in [0.05, 0.1) is 11.3 Å². The Morgan fingerprint density at radius 2 is 1.73 bits per heavy atom. The van der Waals surface area contributed by atoms with Gasteiger partial charge in [0.25, 0.3) is 0 Å². The Balaban J connectivity index is 1.56. The van der Waals surface area contributed by atoms with Gasteiger partial charge in [0.1, 0.15) is 5.82 Å². The van der Waals surface area contributed by atoms with Gasteiger partial charge < -0.3 is 9.80 Å². The normalized spacial score (nSPS) is 15.2. The van der Waals surface area contributed by atoms with Crippen molar-refractivity contribution in [2.45, 2.75) is 11.3 Å². The van der Waals surface area contributed by atoms with E-state index in [-0.39, 0.29) is 17.2 Å².